The molecule has 0 bridgehead atoms. The summed E-state index contributed by atoms with van der Waals surface area (Å²) in [5.41, 5.74) is 0. The van der Waals surface area contributed by atoms with E-state index in [1.165, 1.54) is 19.2 Å². The molecule has 1 atom stereocenters. The number of carbonyl (C=O) groups is 2. The first-order valence-corrected chi connectivity index (χ1v) is 8.81. The van der Waals surface area contributed by atoms with Crippen molar-refractivity contribution in [1.29, 1.82) is 0 Å². The molecule has 1 aromatic carbocycles. The van der Waals surface area contributed by atoms with Gasteiger partial charge in [0, 0.05) is 0 Å². The van der Waals surface area contributed by atoms with Gasteiger partial charge in [-0.25, -0.2) is 17.9 Å². The van der Waals surface area contributed by atoms with E-state index in [1.54, 1.807) is 18.2 Å². The first-order chi connectivity index (χ1) is 10.9. The third-order valence-electron chi connectivity index (χ3n) is 3.14. The Labute approximate surface area is 136 Å². The Morgan fingerprint density at radius 1 is 1.22 bits per heavy atom. The van der Waals surface area contributed by atoms with Gasteiger partial charge in [0.05, 0.1) is 18.6 Å². The lowest BCUT2D eigenvalue weighted by Gasteiger charge is -2.16. The molecule has 0 spiro atoms. The van der Waals surface area contributed by atoms with Crippen LogP contribution in [-0.2, 0) is 24.3 Å². The molecule has 0 saturated heterocycles. The number of hydrogen-bond acceptors (Lipinski definition) is 5. The second kappa shape index (κ2) is 9.26. The van der Waals surface area contributed by atoms with Gasteiger partial charge in [-0.15, -0.1) is 0 Å². The molecule has 1 aromatic rings. The van der Waals surface area contributed by atoms with E-state index in [0.717, 1.165) is 12.8 Å². The van der Waals surface area contributed by atoms with Crippen LogP contribution in [0.15, 0.2) is 35.2 Å². The van der Waals surface area contributed by atoms with E-state index in [-0.39, 0.29) is 4.90 Å². The average Bonchev–Trinajstić information content (AvgIpc) is 2.57. The number of hydrogen-bond donors (Lipinski definition) is 2. The zero-order valence-corrected chi connectivity index (χ0v) is 14.1. The fraction of sp³-hybridized carbons (Fsp3) is 0.467. The molecule has 1 unspecified atom stereocenters. The van der Waals surface area contributed by atoms with Crippen molar-refractivity contribution in [2.24, 2.45) is 0 Å². The number of ether oxygens (including phenoxy) is 1. The summed E-state index contributed by atoms with van der Waals surface area (Å²) in [6.45, 7) is 1.51. The van der Waals surface area contributed by atoms with E-state index in [4.69, 9.17) is 0 Å². The largest absolute Gasteiger partial charge is 0.467 e. The van der Waals surface area contributed by atoms with Crippen LogP contribution >= 0.6 is 0 Å². The van der Waals surface area contributed by atoms with Gasteiger partial charge in [0.15, 0.2) is 0 Å². The van der Waals surface area contributed by atoms with E-state index >= 15 is 0 Å². The summed E-state index contributed by atoms with van der Waals surface area (Å²) in [4.78, 5) is 23.5. The number of benzene rings is 1. The Morgan fingerprint density at radius 3 is 2.43 bits per heavy atom. The van der Waals surface area contributed by atoms with Crippen LogP contribution in [0.4, 0.5) is 0 Å². The number of rotatable bonds is 9. The van der Waals surface area contributed by atoms with Gasteiger partial charge < -0.3 is 10.1 Å². The molecule has 0 aromatic heterocycles. The van der Waals surface area contributed by atoms with E-state index in [1.807, 2.05) is 6.92 Å². The molecule has 0 aliphatic heterocycles. The van der Waals surface area contributed by atoms with Gasteiger partial charge in [-0.1, -0.05) is 38.0 Å². The predicted molar refractivity (Wildman–Crippen MR) is 85.1 cm³/mol. The Kier molecular flexibility index (Phi) is 7.70. The zero-order chi connectivity index (χ0) is 17.3. The van der Waals surface area contributed by atoms with Gasteiger partial charge in [-0.3, -0.25) is 4.79 Å². The number of carbonyl (C=O) groups excluding carboxylic acids is 2. The molecule has 7 nitrogen and oxygen atoms in total. The van der Waals surface area contributed by atoms with E-state index in [9.17, 15) is 18.0 Å². The van der Waals surface area contributed by atoms with Crippen LogP contribution in [0.25, 0.3) is 0 Å². The monoisotopic (exact) mass is 342 g/mol. The predicted octanol–water partition coefficient (Wildman–Crippen LogP) is 0.813. The smallest absolute Gasteiger partial charge is 0.328 e. The molecule has 23 heavy (non-hydrogen) atoms. The normalized spacial score (nSPS) is 12.4. The summed E-state index contributed by atoms with van der Waals surface area (Å²) in [7, 11) is -2.52. The quantitative estimate of drug-likeness (QED) is 0.647. The molecular weight excluding hydrogens is 320 g/mol. The molecule has 0 saturated carbocycles. The van der Waals surface area contributed by atoms with Crippen LogP contribution in [0.5, 0.6) is 0 Å². The Hall–Kier alpha value is -1.93. The lowest BCUT2D eigenvalue weighted by Crippen LogP contribution is -2.45. The fourth-order valence-electron chi connectivity index (χ4n) is 1.89. The third-order valence-corrected chi connectivity index (χ3v) is 4.56. The van der Waals surface area contributed by atoms with Crippen LogP contribution in [0.2, 0.25) is 0 Å². The molecule has 0 heterocycles. The highest BCUT2D eigenvalue weighted by molar-refractivity contribution is 7.89. The van der Waals surface area contributed by atoms with Gasteiger partial charge in [0.25, 0.3) is 0 Å². The molecule has 0 radical (unpaired) electrons. The minimum absolute atomic E-state index is 0.0725. The van der Waals surface area contributed by atoms with E-state index in [2.05, 4.69) is 14.8 Å². The molecule has 0 fully saturated rings. The minimum Gasteiger partial charge on any atom is -0.467 e. The van der Waals surface area contributed by atoms with Crippen molar-refractivity contribution in [2.75, 3.05) is 13.7 Å². The molecule has 0 aliphatic rings. The molecular formula is C15H22N2O5S. The fourth-order valence-corrected chi connectivity index (χ4v) is 2.89. The van der Waals surface area contributed by atoms with Crippen molar-refractivity contribution >= 4 is 21.9 Å². The summed E-state index contributed by atoms with van der Waals surface area (Å²) >= 11 is 0. The lowest BCUT2D eigenvalue weighted by molar-refractivity contribution is -0.145. The Balaban J connectivity index is 2.59. The Morgan fingerprint density at radius 2 is 1.87 bits per heavy atom. The second-order valence-electron chi connectivity index (χ2n) is 4.92. The molecule has 2 N–H and O–H groups in total. The maximum atomic E-state index is 12.0. The molecule has 0 aliphatic carbocycles. The highest BCUT2D eigenvalue weighted by Gasteiger charge is 2.22. The number of unbranched alkanes of at least 4 members (excludes halogenated alkanes) is 1. The first-order valence-electron chi connectivity index (χ1n) is 7.32. The van der Waals surface area contributed by atoms with Gasteiger partial charge in [0.1, 0.15) is 6.04 Å². The number of nitrogens with one attached hydrogen (secondary N) is 2. The van der Waals surface area contributed by atoms with E-state index < -0.39 is 34.5 Å². The van der Waals surface area contributed by atoms with Crippen LogP contribution in [0.1, 0.15) is 26.2 Å². The van der Waals surface area contributed by atoms with Crippen molar-refractivity contribution in [3.63, 3.8) is 0 Å². The number of amides is 1. The third kappa shape index (κ3) is 6.37. The number of sulfonamides is 1. The summed E-state index contributed by atoms with van der Waals surface area (Å²) in [5.74, 6) is -1.13. The summed E-state index contributed by atoms with van der Waals surface area (Å²) in [5, 5.41) is 2.49. The minimum atomic E-state index is -3.76. The van der Waals surface area contributed by atoms with Gasteiger partial charge in [-0.2, -0.15) is 0 Å². The van der Waals surface area contributed by atoms with E-state index in [0.29, 0.717) is 6.42 Å². The summed E-state index contributed by atoms with van der Waals surface area (Å²) in [6, 6.07) is 6.96. The molecule has 1 amide bonds. The van der Waals surface area contributed by atoms with Crippen LogP contribution in [-0.4, -0.2) is 40.0 Å². The molecule has 128 valence electrons. The Bertz CT molecular complexity index is 616. The number of esters is 1. The van der Waals surface area contributed by atoms with Crippen molar-refractivity contribution in [3.8, 4) is 0 Å². The van der Waals surface area contributed by atoms with Gasteiger partial charge >= 0.3 is 5.97 Å². The zero-order valence-electron chi connectivity index (χ0n) is 13.2. The van der Waals surface area contributed by atoms with Crippen molar-refractivity contribution in [1.82, 2.24) is 10.0 Å². The molecule has 8 heteroatoms. The highest BCUT2D eigenvalue weighted by atomic mass is 32.2. The summed E-state index contributed by atoms with van der Waals surface area (Å²) < 4.78 is 30.8. The van der Waals surface area contributed by atoms with Crippen LogP contribution < -0.4 is 10.0 Å². The lowest BCUT2D eigenvalue weighted by atomic mass is 10.1. The van der Waals surface area contributed by atoms with Gasteiger partial charge in [0.2, 0.25) is 15.9 Å². The summed E-state index contributed by atoms with van der Waals surface area (Å²) in [6.07, 6.45) is 2.06. The second-order valence-corrected chi connectivity index (χ2v) is 6.69. The van der Waals surface area contributed by atoms with Crippen molar-refractivity contribution in [3.05, 3.63) is 30.3 Å². The first kappa shape index (κ1) is 19.1. The van der Waals surface area contributed by atoms with Crippen LogP contribution in [0.3, 0.4) is 0 Å². The van der Waals surface area contributed by atoms with Crippen molar-refractivity contribution < 1.29 is 22.7 Å². The highest BCUT2D eigenvalue weighted by Crippen LogP contribution is 2.06. The number of methoxy groups -OCH3 is 1. The average molecular weight is 342 g/mol. The SMILES string of the molecule is CCCCC(NC(=O)CNS(=O)(=O)c1ccccc1)C(=O)OC. The van der Waals surface area contributed by atoms with Gasteiger partial charge in [-0.05, 0) is 18.6 Å². The van der Waals surface area contributed by atoms with Crippen LogP contribution in [0, 0.1) is 0 Å². The maximum absolute atomic E-state index is 12.0. The van der Waals surface area contributed by atoms with Crippen molar-refractivity contribution in [2.45, 2.75) is 37.1 Å². The topological polar surface area (TPSA) is 102 Å². The maximum Gasteiger partial charge on any atom is 0.328 e. The molecule has 1 rings (SSSR count). The standard InChI is InChI=1S/C15H22N2O5S/c1-3-4-10-13(15(19)22-2)17-14(18)11-16-23(20,21)12-8-6-5-7-9-12/h5-9,13,16H,3-4,10-11H2,1-2H3,(H,17,18).